The molecule has 0 aliphatic rings. The van der Waals surface area contributed by atoms with Crippen LogP contribution in [0.1, 0.15) is 24.5 Å². The van der Waals surface area contributed by atoms with E-state index in [1.54, 1.807) is 6.92 Å². The molecular formula is C18H17F4NO2. The van der Waals surface area contributed by atoms with Crippen LogP contribution in [0.2, 0.25) is 0 Å². The third kappa shape index (κ3) is 5.48. The first-order valence-corrected chi connectivity index (χ1v) is 7.65. The van der Waals surface area contributed by atoms with E-state index in [0.29, 0.717) is 17.7 Å². The van der Waals surface area contributed by atoms with Crippen molar-refractivity contribution in [1.29, 1.82) is 0 Å². The fourth-order valence-corrected chi connectivity index (χ4v) is 2.16. The Balaban J connectivity index is 1.97. The predicted octanol–water partition coefficient (Wildman–Crippen LogP) is 4.32. The van der Waals surface area contributed by atoms with E-state index in [1.807, 2.05) is 0 Å². The molecule has 0 spiro atoms. The number of nitrogens with one attached hydrogen (secondary N) is 1. The van der Waals surface area contributed by atoms with Gasteiger partial charge in [-0.2, -0.15) is 13.2 Å². The summed E-state index contributed by atoms with van der Waals surface area (Å²) < 4.78 is 56.4. The van der Waals surface area contributed by atoms with Gasteiger partial charge in [0.05, 0.1) is 5.56 Å². The highest BCUT2D eigenvalue weighted by Crippen LogP contribution is 2.29. The van der Waals surface area contributed by atoms with E-state index < -0.39 is 29.6 Å². The maximum atomic E-state index is 12.9. The Hall–Kier alpha value is -2.57. The smallest absolute Gasteiger partial charge is 0.416 e. The van der Waals surface area contributed by atoms with Gasteiger partial charge >= 0.3 is 6.18 Å². The molecule has 0 heterocycles. The summed E-state index contributed by atoms with van der Waals surface area (Å²) in [6, 6.07) is 9.97. The highest BCUT2D eigenvalue weighted by atomic mass is 19.4. The van der Waals surface area contributed by atoms with E-state index in [4.69, 9.17) is 4.74 Å². The second-order valence-electron chi connectivity index (χ2n) is 5.38. The monoisotopic (exact) mass is 355 g/mol. The molecular weight excluding hydrogens is 338 g/mol. The van der Waals surface area contributed by atoms with Crippen LogP contribution in [-0.4, -0.2) is 12.0 Å². The van der Waals surface area contributed by atoms with Crippen LogP contribution in [0, 0.1) is 5.82 Å². The minimum absolute atomic E-state index is 0.0496. The highest BCUT2D eigenvalue weighted by Gasteiger charge is 2.30. The first kappa shape index (κ1) is 18.8. The van der Waals surface area contributed by atoms with Crippen molar-refractivity contribution in [1.82, 2.24) is 5.32 Å². The van der Waals surface area contributed by atoms with Gasteiger partial charge in [-0.25, -0.2) is 4.39 Å². The minimum atomic E-state index is -4.43. The minimum Gasteiger partial charge on any atom is -0.481 e. The molecule has 0 aliphatic heterocycles. The maximum Gasteiger partial charge on any atom is 0.416 e. The number of hydrogen-bond donors (Lipinski definition) is 1. The van der Waals surface area contributed by atoms with Crippen LogP contribution in [0.15, 0.2) is 48.5 Å². The average Bonchev–Trinajstić information content (AvgIpc) is 2.58. The number of alkyl halides is 3. The second-order valence-corrected chi connectivity index (χ2v) is 5.38. The van der Waals surface area contributed by atoms with Gasteiger partial charge in [0.2, 0.25) is 0 Å². The molecule has 1 atom stereocenters. The molecule has 0 aliphatic carbocycles. The molecule has 0 saturated heterocycles. The first-order valence-electron chi connectivity index (χ1n) is 7.65. The molecule has 2 aromatic rings. The van der Waals surface area contributed by atoms with Crippen LogP contribution in [0.5, 0.6) is 5.75 Å². The molecule has 3 nitrogen and oxygen atoms in total. The van der Waals surface area contributed by atoms with Gasteiger partial charge in [0.1, 0.15) is 11.6 Å². The third-order valence-electron chi connectivity index (χ3n) is 3.48. The number of rotatable bonds is 6. The molecule has 1 amide bonds. The van der Waals surface area contributed by atoms with E-state index in [1.165, 1.54) is 36.4 Å². The number of carbonyl (C=O) groups is 1. The van der Waals surface area contributed by atoms with E-state index in [2.05, 4.69) is 5.32 Å². The van der Waals surface area contributed by atoms with Gasteiger partial charge in [0.15, 0.2) is 6.10 Å². The van der Waals surface area contributed by atoms with Crippen LogP contribution in [0.25, 0.3) is 0 Å². The largest absolute Gasteiger partial charge is 0.481 e. The zero-order valence-electron chi connectivity index (χ0n) is 13.4. The summed E-state index contributed by atoms with van der Waals surface area (Å²) in [4.78, 5) is 12.2. The number of ether oxygens (including phenoxy) is 1. The number of benzene rings is 2. The van der Waals surface area contributed by atoms with Gasteiger partial charge in [-0.05, 0) is 48.4 Å². The Kier molecular flexibility index (Phi) is 6.01. The van der Waals surface area contributed by atoms with E-state index >= 15 is 0 Å². The van der Waals surface area contributed by atoms with Gasteiger partial charge in [-0.15, -0.1) is 0 Å². The van der Waals surface area contributed by atoms with Crippen LogP contribution in [-0.2, 0) is 17.5 Å². The van der Waals surface area contributed by atoms with E-state index in [0.717, 1.165) is 12.1 Å². The van der Waals surface area contributed by atoms with Gasteiger partial charge in [-0.3, -0.25) is 4.79 Å². The highest BCUT2D eigenvalue weighted by molar-refractivity contribution is 5.81. The van der Waals surface area contributed by atoms with E-state index in [-0.39, 0.29) is 6.54 Å². The molecule has 0 saturated carbocycles. The van der Waals surface area contributed by atoms with Gasteiger partial charge in [0.25, 0.3) is 5.91 Å². The van der Waals surface area contributed by atoms with E-state index in [9.17, 15) is 22.4 Å². The standard InChI is InChI=1S/C18H17F4NO2/c1-2-16(25-15-8-6-14(19)7-9-15)17(24)23-11-12-4-3-5-13(10-12)18(20,21)22/h3-10,16H,2,11H2,1H3,(H,23,24). The van der Waals surface area contributed by atoms with Crippen molar-refractivity contribution in [2.24, 2.45) is 0 Å². The Bertz CT molecular complexity index is 714. The molecule has 0 fully saturated rings. The van der Waals surface area contributed by atoms with Crippen molar-refractivity contribution in [3.05, 3.63) is 65.5 Å². The zero-order chi connectivity index (χ0) is 18.4. The average molecular weight is 355 g/mol. The first-order chi connectivity index (χ1) is 11.8. The van der Waals surface area contributed by atoms with Crippen LogP contribution >= 0.6 is 0 Å². The van der Waals surface area contributed by atoms with Crippen molar-refractivity contribution in [3.8, 4) is 5.75 Å². The molecule has 7 heteroatoms. The van der Waals surface area contributed by atoms with Crippen LogP contribution < -0.4 is 10.1 Å². The molecule has 1 unspecified atom stereocenters. The van der Waals surface area contributed by atoms with Crippen LogP contribution in [0.4, 0.5) is 17.6 Å². The topological polar surface area (TPSA) is 38.3 Å². The van der Waals surface area contributed by atoms with Crippen molar-refractivity contribution in [3.63, 3.8) is 0 Å². The van der Waals surface area contributed by atoms with Gasteiger partial charge in [-0.1, -0.05) is 19.1 Å². The van der Waals surface area contributed by atoms with Crippen molar-refractivity contribution in [2.45, 2.75) is 32.2 Å². The Morgan fingerprint density at radius 2 is 1.84 bits per heavy atom. The summed E-state index contributed by atoms with van der Waals surface area (Å²) >= 11 is 0. The molecule has 0 aromatic heterocycles. The van der Waals surface area contributed by atoms with Gasteiger partial charge in [0, 0.05) is 6.54 Å². The molecule has 2 rings (SSSR count). The predicted molar refractivity (Wildman–Crippen MR) is 84.4 cm³/mol. The lowest BCUT2D eigenvalue weighted by Crippen LogP contribution is -2.37. The van der Waals surface area contributed by atoms with Gasteiger partial charge < -0.3 is 10.1 Å². The fourth-order valence-electron chi connectivity index (χ4n) is 2.16. The summed E-state index contributed by atoms with van der Waals surface area (Å²) in [5.41, 5.74) is -0.436. The Labute approximate surface area is 142 Å². The molecule has 0 bridgehead atoms. The number of amides is 1. The molecule has 134 valence electrons. The number of hydrogen-bond acceptors (Lipinski definition) is 2. The van der Waals surface area contributed by atoms with Crippen LogP contribution in [0.3, 0.4) is 0 Å². The van der Waals surface area contributed by atoms with Crippen molar-refractivity contribution in [2.75, 3.05) is 0 Å². The van der Waals surface area contributed by atoms with Crippen molar-refractivity contribution >= 4 is 5.91 Å². The fraction of sp³-hybridized carbons (Fsp3) is 0.278. The summed E-state index contributed by atoms with van der Waals surface area (Å²) in [6.45, 7) is 1.68. The molecule has 1 N–H and O–H groups in total. The second kappa shape index (κ2) is 8.00. The summed E-state index contributed by atoms with van der Waals surface area (Å²) in [6.07, 6.45) is -4.90. The quantitative estimate of drug-likeness (QED) is 0.784. The lowest BCUT2D eigenvalue weighted by molar-refractivity contribution is -0.137. The summed E-state index contributed by atoms with van der Waals surface area (Å²) in [5.74, 6) is -0.541. The molecule has 0 radical (unpaired) electrons. The normalized spacial score (nSPS) is 12.5. The van der Waals surface area contributed by atoms with Crippen molar-refractivity contribution < 1.29 is 27.1 Å². The lowest BCUT2D eigenvalue weighted by Gasteiger charge is -2.17. The lowest BCUT2D eigenvalue weighted by atomic mass is 10.1. The number of halogens is 4. The third-order valence-corrected chi connectivity index (χ3v) is 3.48. The Morgan fingerprint density at radius 3 is 2.44 bits per heavy atom. The maximum absolute atomic E-state index is 12.9. The molecule has 2 aromatic carbocycles. The zero-order valence-corrected chi connectivity index (χ0v) is 13.4. The summed E-state index contributed by atoms with van der Waals surface area (Å²) in [5, 5.41) is 2.55. The summed E-state index contributed by atoms with van der Waals surface area (Å²) in [7, 11) is 0. The number of carbonyl (C=O) groups excluding carboxylic acids is 1. The Morgan fingerprint density at radius 1 is 1.16 bits per heavy atom. The SMILES string of the molecule is CCC(Oc1ccc(F)cc1)C(=O)NCc1cccc(C(F)(F)F)c1. The molecule has 25 heavy (non-hydrogen) atoms.